The van der Waals surface area contributed by atoms with Gasteiger partial charge in [-0.15, -0.1) is 10.2 Å². The topological polar surface area (TPSA) is 70.8 Å². The van der Waals surface area contributed by atoms with E-state index in [2.05, 4.69) is 21.6 Å². The molecular formula is C13H14N4OS2. The molecule has 0 bridgehead atoms. The lowest BCUT2D eigenvalue weighted by molar-refractivity contribution is 0.417. The zero-order valence-corrected chi connectivity index (χ0v) is 12.6. The number of ether oxygens (including phenoxy) is 1. The van der Waals surface area contributed by atoms with Gasteiger partial charge in [-0.2, -0.15) is 5.26 Å². The van der Waals surface area contributed by atoms with Crippen LogP contribution in [0.4, 0.5) is 10.8 Å². The van der Waals surface area contributed by atoms with Gasteiger partial charge in [-0.1, -0.05) is 35.2 Å². The largest absolute Gasteiger partial charge is 0.495 e. The minimum absolute atomic E-state index is 0.581. The molecule has 0 unspecified atom stereocenters. The van der Waals surface area contributed by atoms with Crippen LogP contribution in [-0.2, 0) is 0 Å². The summed E-state index contributed by atoms with van der Waals surface area (Å²) < 4.78 is 6.18. The summed E-state index contributed by atoms with van der Waals surface area (Å²) in [6.07, 6.45) is 1.45. The minimum Gasteiger partial charge on any atom is -0.495 e. The summed E-state index contributed by atoms with van der Waals surface area (Å²) in [6.45, 7) is 0. The van der Waals surface area contributed by atoms with Crippen LogP contribution in [0, 0.1) is 11.3 Å². The van der Waals surface area contributed by atoms with Crippen LogP contribution in [0.1, 0.15) is 12.8 Å². The SMILES string of the molecule is COc1ccccc1Nc1nnc(SCCCC#N)s1. The van der Waals surface area contributed by atoms with Gasteiger partial charge in [0.05, 0.1) is 18.9 Å². The van der Waals surface area contributed by atoms with Crippen molar-refractivity contribution in [2.75, 3.05) is 18.2 Å². The van der Waals surface area contributed by atoms with Gasteiger partial charge in [0.2, 0.25) is 5.13 Å². The Morgan fingerprint density at radius 1 is 1.40 bits per heavy atom. The third-order valence-corrected chi connectivity index (χ3v) is 4.47. The zero-order chi connectivity index (χ0) is 14.2. The van der Waals surface area contributed by atoms with Crippen molar-refractivity contribution >= 4 is 33.9 Å². The maximum absolute atomic E-state index is 8.47. The van der Waals surface area contributed by atoms with Gasteiger partial charge in [-0.05, 0) is 18.6 Å². The highest BCUT2D eigenvalue weighted by Gasteiger charge is 2.07. The molecule has 0 saturated carbocycles. The van der Waals surface area contributed by atoms with Gasteiger partial charge in [0.25, 0.3) is 0 Å². The lowest BCUT2D eigenvalue weighted by Crippen LogP contribution is -1.93. The Morgan fingerprint density at radius 2 is 2.25 bits per heavy atom. The molecule has 1 aromatic heterocycles. The van der Waals surface area contributed by atoms with E-state index in [0.717, 1.165) is 33.1 Å². The number of nitrogens with one attached hydrogen (secondary N) is 1. The molecule has 0 amide bonds. The van der Waals surface area contributed by atoms with Crippen molar-refractivity contribution in [3.63, 3.8) is 0 Å². The number of anilines is 2. The number of unbranched alkanes of at least 4 members (excludes halogenated alkanes) is 1. The van der Waals surface area contributed by atoms with Crippen molar-refractivity contribution in [2.24, 2.45) is 0 Å². The van der Waals surface area contributed by atoms with Crippen LogP contribution in [0.15, 0.2) is 28.6 Å². The molecule has 5 nitrogen and oxygen atoms in total. The van der Waals surface area contributed by atoms with E-state index in [1.165, 1.54) is 11.3 Å². The fraction of sp³-hybridized carbons (Fsp3) is 0.308. The smallest absolute Gasteiger partial charge is 0.210 e. The molecule has 7 heteroatoms. The Labute approximate surface area is 126 Å². The average Bonchev–Trinajstić information content (AvgIpc) is 2.92. The quantitative estimate of drug-likeness (QED) is 0.621. The highest BCUT2D eigenvalue weighted by Crippen LogP contribution is 2.31. The number of rotatable bonds is 7. The van der Waals surface area contributed by atoms with Gasteiger partial charge < -0.3 is 10.1 Å². The van der Waals surface area contributed by atoms with Gasteiger partial charge in [0, 0.05) is 12.2 Å². The molecule has 1 N–H and O–H groups in total. The maximum atomic E-state index is 8.47. The summed E-state index contributed by atoms with van der Waals surface area (Å²) in [6, 6.07) is 9.80. The van der Waals surface area contributed by atoms with Crippen molar-refractivity contribution in [3.8, 4) is 11.8 Å². The number of aromatic nitrogens is 2. The second-order valence-electron chi connectivity index (χ2n) is 3.81. The molecule has 0 aliphatic carbocycles. The van der Waals surface area contributed by atoms with E-state index >= 15 is 0 Å². The normalized spacial score (nSPS) is 10.0. The van der Waals surface area contributed by atoms with E-state index in [1.807, 2.05) is 24.3 Å². The summed E-state index contributed by atoms with van der Waals surface area (Å²) in [4.78, 5) is 0. The molecule has 1 aromatic carbocycles. The first-order valence-corrected chi connectivity index (χ1v) is 7.87. The van der Waals surface area contributed by atoms with Crippen LogP contribution in [0.5, 0.6) is 5.75 Å². The molecule has 1 heterocycles. The standard InChI is InChI=1S/C13H14N4OS2/c1-18-11-7-3-2-6-10(11)15-12-16-17-13(20-12)19-9-5-4-8-14/h2-3,6-7H,4-5,9H2,1H3,(H,15,16). The number of nitriles is 1. The molecule has 0 radical (unpaired) electrons. The Morgan fingerprint density at radius 3 is 3.05 bits per heavy atom. The van der Waals surface area contributed by atoms with Crippen LogP contribution in [0.2, 0.25) is 0 Å². The number of thioether (sulfide) groups is 1. The van der Waals surface area contributed by atoms with Gasteiger partial charge in [0.15, 0.2) is 4.34 Å². The van der Waals surface area contributed by atoms with E-state index < -0.39 is 0 Å². The Kier molecular flexibility index (Phi) is 5.65. The van der Waals surface area contributed by atoms with Crippen molar-refractivity contribution in [2.45, 2.75) is 17.2 Å². The summed E-state index contributed by atoms with van der Waals surface area (Å²) in [5.41, 5.74) is 0.868. The molecule has 0 spiro atoms. The molecule has 0 fully saturated rings. The highest BCUT2D eigenvalue weighted by atomic mass is 32.2. The summed E-state index contributed by atoms with van der Waals surface area (Å²) in [5.74, 6) is 1.66. The molecular weight excluding hydrogens is 292 g/mol. The minimum atomic E-state index is 0.581. The number of hydrogen-bond acceptors (Lipinski definition) is 7. The lowest BCUT2D eigenvalue weighted by atomic mass is 10.3. The Balaban J connectivity index is 1.94. The Hall–Kier alpha value is -1.78. The fourth-order valence-electron chi connectivity index (χ4n) is 1.49. The van der Waals surface area contributed by atoms with Gasteiger partial charge in [-0.25, -0.2) is 0 Å². The van der Waals surface area contributed by atoms with Crippen LogP contribution >= 0.6 is 23.1 Å². The molecule has 2 aromatic rings. The van der Waals surface area contributed by atoms with Gasteiger partial charge in [0.1, 0.15) is 5.75 Å². The van der Waals surface area contributed by atoms with Crippen molar-refractivity contribution in [1.29, 1.82) is 5.26 Å². The van der Waals surface area contributed by atoms with E-state index in [4.69, 9.17) is 10.00 Å². The first-order chi connectivity index (χ1) is 9.83. The van der Waals surface area contributed by atoms with E-state index in [-0.39, 0.29) is 0 Å². The second kappa shape index (κ2) is 7.72. The average molecular weight is 306 g/mol. The number of hydrogen-bond donors (Lipinski definition) is 1. The first kappa shape index (κ1) is 14.6. The molecule has 0 saturated heterocycles. The molecule has 104 valence electrons. The second-order valence-corrected chi connectivity index (χ2v) is 6.13. The van der Waals surface area contributed by atoms with Crippen LogP contribution in [0.3, 0.4) is 0 Å². The maximum Gasteiger partial charge on any atom is 0.210 e. The molecule has 2 rings (SSSR count). The van der Waals surface area contributed by atoms with Crippen molar-refractivity contribution < 1.29 is 4.74 Å². The molecule has 20 heavy (non-hydrogen) atoms. The van der Waals surface area contributed by atoms with Crippen LogP contribution in [0.25, 0.3) is 0 Å². The predicted molar refractivity (Wildman–Crippen MR) is 81.8 cm³/mol. The summed E-state index contributed by atoms with van der Waals surface area (Å²) in [7, 11) is 1.64. The molecule has 0 atom stereocenters. The number of methoxy groups -OCH3 is 1. The van der Waals surface area contributed by atoms with Crippen LogP contribution in [-0.4, -0.2) is 23.1 Å². The highest BCUT2D eigenvalue weighted by molar-refractivity contribution is 8.01. The number of para-hydroxylation sites is 2. The predicted octanol–water partition coefficient (Wildman–Crippen LogP) is 3.69. The zero-order valence-electron chi connectivity index (χ0n) is 11.0. The van der Waals surface area contributed by atoms with E-state index in [9.17, 15) is 0 Å². The summed E-state index contributed by atoms with van der Waals surface area (Å²) >= 11 is 3.12. The number of nitrogens with zero attached hydrogens (tertiary/aromatic N) is 3. The van der Waals surface area contributed by atoms with Crippen molar-refractivity contribution in [1.82, 2.24) is 10.2 Å². The summed E-state index contributed by atoms with van der Waals surface area (Å²) in [5, 5.41) is 20.6. The third-order valence-electron chi connectivity index (χ3n) is 2.41. The third kappa shape index (κ3) is 4.11. The van der Waals surface area contributed by atoms with Gasteiger partial charge in [-0.3, -0.25) is 0 Å². The lowest BCUT2D eigenvalue weighted by Gasteiger charge is -2.07. The van der Waals surface area contributed by atoms with E-state index in [1.54, 1.807) is 18.9 Å². The fourth-order valence-corrected chi connectivity index (χ4v) is 3.27. The number of benzene rings is 1. The molecule has 0 aliphatic rings. The molecule has 0 aliphatic heterocycles. The van der Waals surface area contributed by atoms with Crippen molar-refractivity contribution in [3.05, 3.63) is 24.3 Å². The monoisotopic (exact) mass is 306 g/mol. The first-order valence-electron chi connectivity index (χ1n) is 6.07. The van der Waals surface area contributed by atoms with E-state index in [0.29, 0.717) is 6.42 Å². The Bertz CT molecular complexity index is 594. The van der Waals surface area contributed by atoms with Gasteiger partial charge >= 0.3 is 0 Å². The van der Waals surface area contributed by atoms with Crippen LogP contribution < -0.4 is 10.1 Å².